The van der Waals surface area contributed by atoms with E-state index in [9.17, 15) is 30.4 Å². The van der Waals surface area contributed by atoms with Gasteiger partial charge in [0.25, 0.3) is 5.69 Å². The van der Waals surface area contributed by atoms with Crippen LogP contribution in [0.15, 0.2) is 23.3 Å². The third kappa shape index (κ3) is 4.75. The van der Waals surface area contributed by atoms with Crippen LogP contribution < -0.4 is 5.43 Å². The summed E-state index contributed by atoms with van der Waals surface area (Å²) in [4.78, 5) is 20.1. The summed E-state index contributed by atoms with van der Waals surface area (Å²) in [7, 11) is 0. The molecule has 120 valence electrons. The zero-order valence-corrected chi connectivity index (χ0v) is 12.0. The number of hydrogen-bond donors (Lipinski definition) is 3. The zero-order valence-electron chi connectivity index (χ0n) is 12.0. The normalized spacial score (nSPS) is 14.3. The zero-order chi connectivity index (χ0) is 16.9. The average Bonchev–Trinajstić information content (AvgIpc) is 2.44. The van der Waals surface area contributed by atoms with Crippen LogP contribution in [-0.4, -0.2) is 38.0 Å². The van der Waals surface area contributed by atoms with E-state index in [1.54, 1.807) is 6.92 Å². The topological polar surface area (TPSA) is 151 Å². The van der Waals surface area contributed by atoms with Gasteiger partial charge in [0, 0.05) is 18.2 Å². The van der Waals surface area contributed by atoms with Crippen LogP contribution in [0.1, 0.15) is 20.3 Å². The second kappa shape index (κ2) is 7.43. The predicted octanol–water partition coefficient (Wildman–Crippen LogP) is 1.42. The van der Waals surface area contributed by atoms with Gasteiger partial charge >= 0.3 is 5.69 Å². The first-order valence-corrected chi connectivity index (χ1v) is 6.30. The van der Waals surface area contributed by atoms with E-state index in [1.165, 1.54) is 13.0 Å². The summed E-state index contributed by atoms with van der Waals surface area (Å²) in [5.74, 6) is 0. The fraction of sp³-hybridized carbons (Fsp3) is 0.417. The molecule has 2 atom stereocenters. The molecular formula is C12H16N4O6. The van der Waals surface area contributed by atoms with Gasteiger partial charge in [0.15, 0.2) is 0 Å². The highest BCUT2D eigenvalue weighted by Crippen LogP contribution is 2.28. The Morgan fingerprint density at radius 1 is 1.32 bits per heavy atom. The summed E-state index contributed by atoms with van der Waals surface area (Å²) >= 11 is 0. The highest BCUT2D eigenvalue weighted by atomic mass is 16.6. The number of nitro groups is 2. The van der Waals surface area contributed by atoms with E-state index in [4.69, 9.17) is 0 Å². The predicted molar refractivity (Wildman–Crippen MR) is 78.8 cm³/mol. The van der Waals surface area contributed by atoms with Crippen molar-refractivity contribution in [1.82, 2.24) is 0 Å². The van der Waals surface area contributed by atoms with Gasteiger partial charge in [-0.3, -0.25) is 25.7 Å². The van der Waals surface area contributed by atoms with Crippen molar-refractivity contribution in [3.63, 3.8) is 0 Å². The Labute approximate surface area is 125 Å². The Hall–Kier alpha value is -2.59. The molecule has 0 saturated carbocycles. The Bertz CT molecular complexity index is 601. The largest absolute Gasteiger partial charge is 0.391 e. The summed E-state index contributed by atoms with van der Waals surface area (Å²) in [5.41, 5.74) is 1.94. The molecule has 1 rings (SSSR count). The van der Waals surface area contributed by atoms with Crippen molar-refractivity contribution < 1.29 is 20.1 Å². The maximum atomic E-state index is 10.9. The average molecular weight is 312 g/mol. The van der Waals surface area contributed by atoms with Crippen LogP contribution in [0.2, 0.25) is 0 Å². The fourth-order valence-corrected chi connectivity index (χ4v) is 1.55. The van der Waals surface area contributed by atoms with Crippen molar-refractivity contribution in [3.05, 3.63) is 38.4 Å². The van der Waals surface area contributed by atoms with Crippen LogP contribution in [0.3, 0.4) is 0 Å². The van der Waals surface area contributed by atoms with Crippen LogP contribution in [-0.2, 0) is 0 Å². The molecule has 0 radical (unpaired) electrons. The van der Waals surface area contributed by atoms with Crippen LogP contribution in [0.5, 0.6) is 0 Å². The number of hydrogen-bond acceptors (Lipinski definition) is 8. The number of nitrogens with one attached hydrogen (secondary N) is 1. The maximum absolute atomic E-state index is 10.9. The second-order valence-corrected chi connectivity index (χ2v) is 4.69. The third-order valence-electron chi connectivity index (χ3n) is 2.82. The number of aliphatic hydroxyl groups is 2. The van der Waals surface area contributed by atoms with Crippen molar-refractivity contribution in [2.24, 2.45) is 5.10 Å². The number of benzene rings is 1. The van der Waals surface area contributed by atoms with E-state index in [-0.39, 0.29) is 12.1 Å². The lowest BCUT2D eigenvalue weighted by Gasteiger charge is -2.12. The van der Waals surface area contributed by atoms with Gasteiger partial charge in [-0.2, -0.15) is 5.10 Å². The lowest BCUT2D eigenvalue weighted by molar-refractivity contribution is -0.393. The Kier molecular flexibility index (Phi) is 5.90. The molecule has 2 unspecified atom stereocenters. The van der Waals surface area contributed by atoms with Gasteiger partial charge in [-0.1, -0.05) is 0 Å². The molecule has 0 amide bonds. The smallest absolute Gasteiger partial charge is 0.301 e. The molecule has 1 aromatic rings. The van der Waals surface area contributed by atoms with Crippen molar-refractivity contribution in [1.29, 1.82) is 0 Å². The molecule has 0 aromatic heterocycles. The molecule has 0 fully saturated rings. The lowest BCUT2D eigenvalue weighted by atomic mass is 10.1. The van der Waals surface area contributed by atoms with Crippen LogP contribution >= 0.6 is 0 Å². The quantitative estimate of drug-likeness (QED) is 0.391. The van der Waals surface area contributed by atoms with Crippen molar-refractivity contribution in [2.45, 2.75) is 32.5 Å². The number of nitrogens with zero attached hydrogens (tertiary/aromatic N) is 3. The molecule has 10 heteroatoms. The molecule has 1 aromatic carbocycles. The molecule has 0 heterocycles. The molecule has 0 aliphatic heterocycles. The van der Waals surface area contributed by atoms with E-state index in [0.29, 0.717) is 5.71 Å². The first-order valence-electron chi connectivity index (χ1n) is 6.30. The van der Waals surface area contributed by atoms with E-state index < -0.39 is 33.4 Å². The highest BCUT2D eigenvalue weighted by molar-refractivity contribution is 5.83. The Balaban J connectivity index is 2.93. The Morgan fingerprint density at radius 3 is 2.45 bits per heavy atom. The van der Waals surface area contributed by atoms with E-state index in [2.05, 4.69) is 10.5 Å². The van der Waals surface area contributed by atoms with Gasteiger partial charge < -0.3 is 10.2 Å². The van der Waals surface area contributed by atoms with Crippen LogP contribution in [0.25, 0.3) is 0 Å². The molecule has 3 N–H and O–H groups in total. The van der Waals surface area contributed by atoms with Gasteiger partial charge in [-0.15, -0.1) is 0 Å². The number of aliphatic hydroxyl groups excluding tert-OH is 2. The van der Waals surface area contributed by atoms with Gasteiger partial charge in [0.05, 0.1) is 28.1 Å². The minimum atomic E-state index is -1.00. The van der Waals surface area contributed by atoms with Gasteiger partial charge in [0.2, 0.25) is 0 Å². The van der Waals surface area contributed by atoms with Gasteiger partial charge in [-0.05, 0) is 19.9 Å². The minimum absolute atomic E-state index is 0.0125. The lowest BCUT2D eigenvalue weighted by Crippen LogP contribution is -2.25. The number of non-ortho nitro benzene ring substituents is 1. The number of hydrazone groups is 1. The molecule has 22 heavy (non-hydrogen) atoms. The van der Waals surface area contributed by atoms with Crippen molar-refractivity contribution >= 4 is 22.8 Å². The van der Waals surface area contributed by atoms with Gasteiger partial charge in [-0.25, -0.2) is 0 Å². The summed E-state index contributed by atoms with van der Waals surface area (Å²) in [6.07, 6.45) is -1.86. The number of anilines is 1. The van der Waals surface area contributed by atoms with Crippen LogP contribution in [0.4, 0.5) is 17.1 Å². The summed E-state index contributed by atoms with van der Waals surface area (Å²) in [6.45, 7) is 2.99. The van der Waals surface area contributed by atoms with E-state index in [0.717, 1.165) is 12.1 Å². The van der Waals surface area contributed by atoms with E-state index >= 15 is 0 Å². The highest BCUT2D eigenvalue weighted by Gasteiger charge is 2.19. The van der Waals surface area contributed by atoms with Crippen molar-refractivity contribution in [3.8, 4) is 0 Å². The summed E-state index contributed by atoms with van der Waals surface area (Å²) in [5, 5.41) is 44.1. The number of rotatable bonds is 7. The fourth-order valence-electron chi connectivity index (χ4n) is 1.55. The summed E-state index contributed by atoms with van der Waals surface area (Å²) in [6, 6.07) is 3.13. The standard InChI is InChI=1S/C12H16N4O6/c1-7(5-12(18)8(2)17)13-14-10-4-3-9(15(19)20)6-11(10)16(21)22/h3-4,6,8,12,14,17-18H,5H2,1-2H3/b13-7-. The molecule has 0 saturated heterocycles. The third-order valence-corrected chi connectivity index (χ3v) is 2.82. The van der Waals surface area contributed by atoms with Crippen LogP contribution in [0, 0.1) is 20.2 Å². The summed E-state index contributed by atoms with van der Waals surface area (Å²) < 4.78 is 0. The SMILES string of the molecule is C/C(CC(O)C(C)O)=N/Nc1ccc([N+](=O)[O-])cc1[N+](=O)[O-]. The van der Waals surface area contributed by atoms with Crippen molar-refractivity contribution in [2.75, 3.05) is 5.43 Å². The number of nitro benzene ring substituents is 2. The Morgan fingerprint density at radius 2 is 1.95 bits per heavy atom. The molecule has 0 spiro atoms. The monoisotopic (exact) mass is 312 g/mol. The molecular weight excluding hydrogens is 296 g/mol. The molecule has 0 aliphatic carbocycles. The van der Waals surface area contributed by atoms with E-state index in [1.807, 2.05) is 0 Å². The maximum Gasteiger partial charge on any atom is 0.301 e. The van der Waals surface area contributed by atoms with Gasteiger partial charge in [0.1, 0.15) is 5.69 Å². The molecule has 0 bridgehead atoms. The molecule has 0 aliphatic rings. The minimum Gasteiger partial charge on any atom is -0.391 e. The molecule has 10 nitrogen and oxygen atoms in total. The first kappa shape index (κ1) is 17.5. The first-order chi connectivity index (χ1) is 10.2. The second-order valence-electron chi connectivity index (χ2n) is 4.69.